The molecule has 0 aliphatic carbocycles. The summed E-state index contributed by atoms with van der Waals surface area (Å²) in [7, 11) is 3.22. The van der Waals surface area contributed by atoms with E-state index in [1.165, 1.54) is 0 Å². The first-order chi connectivity index (χ1) is 13.2. The van der Waals surface area contributed by atoms with Crippen LogP contribution in [0.2, 0.25) is 0 Å². The molecule has 0 spiro atoms. The van der Waals surface area contributed by atoms with Gasteiger partial charge >= 0.3 is 0 Å². The number of nitrogens with zero attached hydrogens (tertiary/aromatic N) is 1. The number of nitrogens with one attached hydrogen (secondary N) is 1. The Labute approximate surface area is 190 Å². The molecule has 0 atom stereocenters. The summed E-state index contributed by atoms with van der Waals surface area (Å²) in [6.45, 7) is 9.12. The molecule has 0 heterocycles. The lowest BCUT2D eigenvalue weighted by Crippen LogP contribution is -2.31. The number of nitrogens with two attached hydrogens (primary N) is 1. The molecule has 0 fully saturated rings. The molecule has 7 heteroatoms. The highest BCUT2D eigenvalue weighted by molar-refractivity contribution is 14.0. The number of halogens is 1. The van der Waals surface area contributed by atoms with Gasteiger partial charge in [-0.1, -0.05) is 18.2 Å². The summed E-state index contributed by atoms with van der Waals surface area (Å²) in [5.74, 6) is 2.59. The minimum atomic E-state index is -0.268. The van der Waals surface area contributed by atoms with E-state index in [1.807, 2.05) is 58.0 Å². The molecule has 0 radical (unpaired) electrons. The Hall–Kier alpha value is -2.16. The second-order valence-electron chi connectivity index (χ2n) is 7.57. The van der Waals surface area contributed by atoms with Crippen LogP contribution in [-0.2, 0) is 13.1 Å². The van der Waals surface area contributed by atoms with E-state index in [0.29, 0.717) is 30.5 Å². The van der Waals surface area contributed by atoms with Crippen LogP contribution in [0.1, 0.15) is 37.5 Å². The summed E-state index contributed by atoms with van der Waals surface area (Å²) in [6.07, 6.45) is 0. The predicted octanol–water partition coefficient (Wildman–Crippen LogP) is 4.41. The van der Waals surface area contributed by atoms with Gasteiger partial charge in [-0.2, -0.15) is 0 Å². The van der Waals surface area contributed by atoms with Crippen molar-refractivity contribution in [3.05, 3.63) is 53.1 Å². The number of guanidine groups is 1. The highest BCUT2D eigenvalue weighted by Crippen LogP contribution is 2.28. The maximum Gasteiger partial charge on any atom is 0.189 e. The van der Waals surface area contributed by atoms with Gasteiger partial charge in [0.2, 0.25) is 0 Å². The highest BCUT2D eigenvalue weighted by Gasteiger charge is 2.15. The topological polar surface area (TPSA) is 78.1 Å². The van der Waals surface area contributed by atoms with Crippen molar-refractivity contribution in [2.24, 2.45) is 10.7 Å². The van der Waals surface area contributed by atoms with Crippen molar-refractivity contribution < 1.29 is 14.2 Å². The molecule has 2 aromatic rings. The molecule has 0 saturated heterocycles. The van der Waals surface area contributed by atoms with Crippen molar-refractivity contribution in [3.8, 4) is 17.2 Å². The molecule has 2 aromatic carbocycles. The summed E-state index contributed by atoms with van der Waals surface area (Å²) >= 11 is 0. The average molecular weight is 513 g/mol. The molecule has 0 saturated carbocycles. The molecule has 0 aromatic heterocycles. The molecular formula is C22H32IN3O3. The molecule has 2 rings (SSSR count). The molecule has 0 aliphatic heterocycles. The van der Waals surface area contributed by atoms with E-state index in [9.17, 15) is 0 Å². The Morgan fingerprint density at radius 3 is 2.31 bits per heavy atom. The van der Waals surface area contributed by atoms with Crippen molar-refractivity contribution >= 4 is 29.9 Å². The van der Waals surface area contributed by atoms with E-state index in [0.717, 1.165) is 22.4 Å². The summed E-state index contributed by atoms with van der Waals surface area (Å²) in [4.78, 5) is 4.41. The molecular weight excluding hydrogens is 481 g/mol. The summed E-state index contributed by atoms with van der Waals surface area (Å²) < 4.78 is 16.6. The number of hydrogen-bond donors (Lipinski definition) is 2. The number of benzene rings is 2. The highest BCUT2D eigenvalue weighted by atomic mass is 127. The van der Waals surface area contributed by atoms with Gasteiger partial charge in [0.15, 0.2) is 17.5 Å². The minimum Gasteiger partial charge on any atom is -0.493 e. The molecule has 0 bridgehead atoms. The van der Waals surface area contributed by atoms with Crippen LogP contribution in [0.15, 0.2) is 41.4 Å². The molecule has 160 valence electrons. The van der Waals surface area contributed by atoms with Crippen LogP contribution in [0.25, 0.3) is 0 Å². The SMILES string of the molecule is COc1ccc(CN=C(N)NCc2ccc(C)cc2OC(C)(C)C)cc1OC.I. The van der Waals surface area contributed by atoms with Crippen LogP contribution < -0.4 is 25.3 Å². The molecule has 6 nitrogen and oxygen atoms in total. The minimum absolute atomic E-state index is 0. The van der Waals surface area contributed by atoms with Crippen LogP contribution in [0.5, 0.6) is 17.2 Å². The summed E-state index contributed by atoms with van der Waals surface area (Å²) in [6, 6.07) is 11.8. The van der Waals surface area contributed by atoms with Gasteiger partial charge in [-0.15, -0.1) is 24.0 Å². The van der Waals surface area contributed by atoms with Crippen LogP contribution in [-0.4, -0.2) is 25.8 Å². The smallest absolute Gasteiger partial charge is 0.189 e. The number of aryl methyl sites for hydroxylation is 1. The van der Waals surface area contributed by atoms with Crippen LogP contribution in [0.3, 0.4) is 0 Å². The summed E-state index contributed by atoms with van der Waals surface area (Å²) in [5, 5.41) is 3.16. The molecule has 3 N–H and O–H groups in total. The first-order valence-electron chi connectivity index (χ1n) is 9.25. The average Bonchev–Trinajstić information content (AvgIpc) is 2.64. The second-order valence-corrected chi connectivity index (χ2v) is 7.57. The molecule has 0 unspecified atom stereocenters. The number of aliphatic imine (C=N–C) groups is 1. The van der Waals surface area contributed by atoms with Crippen molar-refractivity contribution in [1.82, 2.24) is 5.32 Å². The molecule has 0 aliphatic rings. The van der Waals surface area contributed by atoms with Gasteiger partial charge in [0, 0.05) is 12.1 Å². The Morgan fingerprint density at radius 2 is 1.69 bits per heavy atom. The van der Waals surface area contributed by atoms with Crippen molar-refractivity contribution in [2.75, 3.05) is 14.2 Å². The maximum absolute atomic E-state index is 6.08. The zero-order valence-corrected chi connectivity index (χ0v) is 20.4. The van der Waals surface area contributed by atoms with E-state index in [4.69, 9.17) is 19.9 Å². The van der Waals surface area contributed by atoms with Gasteiger partial charge in [0.25, 0.3) is 0 Å². The predicted molar refractivity (Wildman–Crippen MR) is 129 cm³/mol. The van der Waals surface area contributed by atoms with Crippen molar-refractivity contribution in [3.63, 3.8) is 0 Å². The largest absolute Gasteiger partial charge is 0.493 e. The van der Waals surface area contributed by atoms with E-state index >= 15 is 0 Å². The number of hydrogen-bond acceptors (Lipinski definition) is 4. The standard InChI is InChI=1S/C22H31N3O3.HI/c1-15-7-9-17(19(11-15)28-22(2,3)4)14-25-21(23)24-13-16-8-10-18(26-5)20(12-16)27-6;/h7-12H,13-14H2,1-6H3,(H3,23,24,25);1H. The number of ether oxygens (including phenoxy) is 3. The fraction of sp³-hybridized carbons (Fsp3) is 0.409. The van der Waals surface area contributed by atoms with Gasteiger partial charge in [0.1, 0.15) is 11.4 Å². The van der Waals surface area contributed by atoms with Crippen molar-refractivity contribution in [1.29, 1.82) is 0 Å². The van der Waals surface area contributed by atoms with Gasteiger partial charge in [-0.05, 0) is 57.0 Å². The lowest BCUT2D eigenvalue weighted by atomic mass is 10.1. The Bertz CT molecular complexity index is 833. The lowest BCUT2D eigenvalue weighted by Gasteiger charge is -2.24. The van der Waals surface area contributed by atoms with E-state index in [-0.39, 0.29) is 29.6 Å². The Morgan fingerprint density at radius 1 is 1.00 bits per heavy atom. The fourth-order valence-electron chi connectivity index (χ4n) is 2.63. The third-order valence-corrected chi connectivity index (χ3v) is 3.98. The Kier molecular flexibility index (Phi) is 9.55. The number of rotatable bonds is 7. The third kappa shape index (κ3) is 8.00. The monoisotopic (exact) mass is 513 g/mol. The van der Waals surface area contributed by atoms with E-state index in [1.54, 1.807) is 14.2 Å². The first kappa shape index (κ1) is 24.9. The zero-order chi connectivity index (χ0) is 20.7. The van der Waals surface area contributed by atoms with E-state index < -0.39 is 0 Å². The van der Waals surface area contributed by atoms with Gasteiger partial charge < -0.3 is 25.3 Å². The van der Waals surface area contributed by atoms with Crippen LogP contribution in [0.4, 0.5) is 0 Å². The first-order valence-corrected chi connectivity index (χ1v) is 9.25. The van der Waals surface area contributed by atoms with Crippen molar-refractivity contribution in [2.45, 2.75) is 46.4 Å². The molecule has 29 heavy (non-hydrogen) atoms. The maximum atomic E-state index is 6.08. The molecule has 0 amide bonds. The van der Waals surface area contributed by atoms with E-state index in [2.05, 4.69) is 16.4 Å². The number of methoxy groups -OCH3 is 2. The zero-order valence-electron chi connectivity index (χ0n) is 18.0. The van der Waals surface area contributed by atoms with Gasteiger partial charge in [-0.25, -0.2) is 4.99 Å². The van der Waals surface area contributed by atoms with Crippen LogP contribution >= 0.6 is 24.0 Å². The normalized spacial score (nSPS) is 11.4. The fourth-order valence-corrected chi connectivity index (χ4v) is 2.63. The Balaban J connectivity index is 0.00000420. The van der Waals surface area contributed by atoms with Crippen LogP contribution in [0, 0.1) is 6.92 Å². The second kappa shape index (κ2) is 11.1. The van der Waals surface area contributed by atoms with Gasteiger partial charge in [-0.3, -0.25) is 0 Å². The third-order valence-electron chi connectivity index (χ3n) is 3.98. The summed E-state index contributed by atoms with van der Waals surface area (Å²) in [5.41, 5.74) is 8.94. The van der Waals surface area contributed by atoms with Gasteiger partial charge in [0.05, 0.1) is 20.8 Å². The lowest BCUT2D eigenvalue weighted by molar-refractivity contribution is 0.129. The quantitative estimate of drug-likeness (QED) is 0.326.